The van der Waals surface area contributed by atoms with E-state index in [1.165, 1.54) is 18.2 Å². The van der Waals surface area contributed by atoms with E-state index in [1.54, 1.807) is 0 Å². The molecule has 1 atom stereocenters. The van der Waals surface area contributed by atoms with Crippen LogP contribution < -0.4 is 10.6 Å². The van der Waals surface area contributed by atoms with Crippen molar-refractivity contribution in [3.8, 4) is 0 Å². The molecule has 5 nitrogen and oxygen atoms in total. The average molecular weight is 577 g/mol. The molecule has 0 bridgehead atoms. The summed E-state index contributed by atoms with van der Waals surface area (Å²) in [6, 6.07) is 5.53. The summed E-state index contributed by atoms with van der Waals surface area (Å²) in [6.07, 6.45) is -3.24. The Balaban J connectivity index is 1.93. The van der Waals surface area contributed by atoms with Crippen molar-refractivity contribution in [2.75, 3.05) is 11.4 Å². The van der Waals surface area contributed by atoms with Gasteiger partial charge in [0.05, 0.1) is 0 Å². The second-order valence-electron chi connectivity index (χ2n) is 8.99. The van der Waals surface area contributed by atoms with Gasteiger partial charge in [0.15, 0.2) is 0 Å². The third-order valence-corrected chi connectivity index (χ3v) is 11.1. The normalized spacial score (nSPS) is 24.4. The number of primary amides is 1. The number of carbonyl (C=O) groups is 2. The Morgan fingerprint density at radius 1 is 1.24 bits per heavy atom. The van der Waals surface area contributed by atoms with Gasteiger partial charge >= 0.3 is 210 Å². The number of halogens is 5. The number of hydrogen-bond donors (Lipinski definition) is 2. The predicted molar refractivity (Wildman–Crippen MR) is 126 cm³/mol. The number of nitrogens with two attached hydrogens (primary N) is 1. The van der Waals surface area contributed by atoms with Gasteiger partial charge < -0.3 is 0 Å². The molecule has 2 aromatic rings. The van der Waals surface area contributed by atoms with Crippen LogP contribution in [0.15, 0.2) is 30.3 Å². The van der Waals surface area contributed by atoms with Crippen LogP contribution in [0.25, 0.3) is 0 Å². The number of anilines is 1. The van der Waals surface area contributed by atoms with Crippen molar-refractivity contribution >= 4 is 55.4 Å². The first-order chi connectivity index (χ1) is 15.7. The zero-order valence-corrected chi connectivity index (χ0v) is 21.7. The number of alkyl halides is 3. The maximum atomic E-state index is 14.2. The van der Waals surface area contributed by atoms with Crippen LogP contribution in [0.1, 0.15) is 39.9 Å². The van der Waals surface area contributed by atoms with E-state index in [0.717, 1.165) is 23.8 Å². The number of hydrogen-bond acceptors (Lipinski definition) is 3. The summed E-state index contributed by atoms with van der Waals surface area (Å²) in [5.41, 5.74) is 4.28. The third-order valence-electron chi connectivity index (χ3n) is 6.62. The molecule has 3 N–H and O–H groups in total. The van der Waals surface area contributed by atoms with Crippen molar-refractivity contribution in [3.05, 3.63) is 62.6 Å². The SMILES string of the molecule is C[As](C)C1CC(CN2C(=O)C(O)(c3ccc(Cl)cc3Cl)c3c2cc(C(N)=O)cc3C(F)(F)F)C1. The zero-order chi connectivity index (χ0) is 25.2. The van der Waals surface area contributed by atoms with E-state index >= 15 is 0 Å². The van der Waals surface area contributed by atoms with E-state index in [9.17, 15) is 27.9 Å². The predicted octanol–water partition coefficient (Wildman–Crippen LogP) is 5.23. The molecule has 2 amide bonds. The first kappa shape index (κ1) is 25.4. The van der Waals surface area contributed by atoms with E-state index in [-0.39, 0.29) is 33.8 Å². The fourth-order valence-electron chi connectivity index (χ4n) is 4.74. The number of benzene rings is 2. The summed E-state index contributed by atoms with van der Waals surface area (Å²) in [7, 11) is 0. The van der Waals surface area contributed by atoms with Gasteiger partial charge in [0, 0.05) is 0 Å². The molecule has 0 aromatic heterocycles. The standard InChI is InChI=1S/C23H22AsCl2F3N2O3/c1-24(2)13-5-11(6-13)10-31-18-8-12(20(30)32)7-16(23(27,28)29)19(18)22(34,21(31)33)15-4-3-14(25)9-17(15)26/h3-4,7-9,11,13,34H,5-6,10H2,1-2H3,(H2,30,32). The minimum atomic E-state index is -4.98. The van der Waals surface area contributed by atoms with Gasteiger partial charge in [-0.05, 0) is 0 Å². The van der Waals surface area contributed by atoms with E-state index in [1.807, 2.05) is 0 Å². The van der Waals surface area contributed by atoms with Crippen LogP contribution in [0.2, 0.25) is 26.2 Å². The van der Waals surface area contributed by atoms with Crippen LogP contribution in [-0.4, -0.2) is 38.1 Å². The Labute approximate surface area is 209 Å². The summed E-state index contributed by atoms with van der Waals surface area (Å²) >= 11 is 11.3. The zero-order valence-electron chi connectivity index (χ0n) is 18.3. The number of nitrogens with zero attached hydrogens (tertiary/aromatic N) is 1. The fraction of sp³-hybridized carbons (Fsp3) is 0.391. The summed E-state index contributed by atoms with van der Waals surface area (Å²) in [4.78, 5) is 26.7. The average Bonchev–Trinajstić information content (AvgIpc) is 2.90. The Morgan fingerprint density at radius 2 is 1.88 bits per heavy atom. The third kappa shape index (κ3) is 4.13. The van der Waals surface area contributed by atoms with Gasteiger partial charge in [-0.15, -0.1) is 0 Å². The summed E-state index contributed by atoms with van der Waals surface area (Å²) in [6.45, 7) is 0.123. The number of aliphatic hydroxyl groups is 1. The van der Waals surface area contributed by atoms with Crippen LogP contribution >= 0.6 is 23.2 Å². The molecule has 11 heteroatoms. The molecule has 34 heavy (non-hydrogen) atoms. The molecule has 182 valence electrons. The maximum absolute atomic E-state index is 14.2. The summed E-state index contributed by atoms with van der Waals surface area (Å²) < 4.78 is 43.2. The molecule has 0 saturated heterocycles. The van der Waals surface area contributed by atoms with Crippen molar-refractivity contribution in [2.45, 2.75) is 40.7 Å². The fourth-order valence-corrected chi connectivity index (χ4v) is 8.31. The molecule has 2 aromatic carbocycles. The van der Waals surface area contributed by atoms with Crippen LogP contribution in [0, 0.1) is 5.92 Å². The van der Waals surface area contributed by atoms with Crippen molar-refractivity contribution in [3.63, 3.8) is 0 Å². The van der Waals surface area contributed by atoms with E-state index in [4.69, 9.17) is 28.9 Å². The van der Waals surface area contributed by atoms with Gasteiger partial charge in [0.2, 0.25) is 0 Å². The molecule has 4 rings (SSSR count). The molecular formula is C23H22AsCl2F3N2O3. The molecule has 1 unspecified atom stereocenters. The number of amides is 2. The molecule has 1 aliphatic carbocycles. The quantitative estimate of drug-likeness (QED) is 0.478. The summed E-state index contributed by atoms with van der Waals surface area (Å²) in [5.74, 6) is -1.95. The van der Waals surface area contributed by atoms with Gasteiger partial charge in [0.25, 0.3) is 0 Å². The first-order valence-corrected chi connectivity index (χ1v) is 16.1. The molecule has 0 spiro atoms. The Hall–Kier alpha value is -1.73. The van der Waals surface area contributed by atoms with E-state index < -0.39 is 54.9 Å². The van der Waals surface area contributed by atoms with Gasteiger partial charge in [-0.1, -0.05) is 0 Å². The molecule has 1 fully saturated rings. The minimum absolute atomic E-state index is 0.0770. The topological polar surface area (TPSA) is 83.6 Å². The van der Waals surface area contributed by atoms with Gasteiger partial charge in [-0.25, -0.2) is 0 Å². The van der Waals surface area contributed by atoms with Crippen molar-refractivity contribution in [2.24, 2.45) is 11.7 Å². The Kier molecular flexibility index (Phi) is 6.52. The second kappa shape index (κ2) is 8.73. The monoisotopic (exact) mass is 576 g/mol. The Morgan fingerprint density at radius 3 is 2.41 bits per heavy atom. The number of rotatable bonds is 5. The second-order valence-corrected chi connectivity index (χ2v) is 15.4. The molecule has 1 aliphatic heterocycles. The molecule has 0 radical (unpaired) electrons. The van der Waals surface area contributed by atoms with E-state index in [2.05, 4.69) is 11.4 Å². The van der Waals surface area contributed by atoms with Crippen LogP contribution in [0.4, 0.5) is 18.9 Å². The van der Waals surface area contributed by atoms with Crippen molar-refractivity contribution < 1.29 is 27.9 Å². The van der Waals surface area contributed by atoms with Gasteiger partial charge in [0.1, 0.15) is 0 Å². The molecule has 1 heterocycles. The van der Waals surface area contributed by atoms with E-state index in [0.29, 0.717) is 10.8 Å². The number of fused-ring (bicyclic) bond motifs is 1. The van der Waals surface area contributed by atoms with Crippen LogP contribution in [0.5, 0.6) is 0 Å². The molecule has 2 aliphatic rings. The Bertz CT molecular complexity index is 1180. The first-order valence-electron chi connectivity index (χ1n) is 10.5. The van der Waals surface area contributed by atoms with Gasteiger partial charge in [-0.2, -0.15) is 0 Å². The molecular weight excluding hydrogens is 555 g/mol. The van der Waals surface area contributed by atoms with Crippen LogP contribution in [0.3, 0.4) is 0 Å². The van der Waals surface area contributed by atoms with Gasteiger partial charge in [-0.3, -0.25) is 0 Å². The van der Waals surface area contributed by atoms with Crippen molar-refractivity contribution in [1.82, 2.24) is 0 Å². The summed E-state index contributed by atoms with van der Waals surface area (Å²) in [5, 5.41) is 11.8. The van der Waals surface area contributed by atoms with Crippen LogP contribution in [-0.2, 0) is 16.6 Å². The molecule has 1 saturated carbocycles. The van der Waals surface area contributed by atoms with Crippen molar-refractivity contribution in [1.29, 1.82) is 0 Å². The number of carbonyl (C=O) groups excluding carboxylic acids is 2.